The fourth-order valence-corrected chi connectivity index (χ4v) is 3.14. The number of nitrogens with two attached hydrogens (primary N) is 1. The molecule has 1 aromatic carbocycles. The molecule has 1 unspecified atom stereocenters. The number of benzene rings is 1. The van der Waals surface area contributed by atoms with E-state index in [2.05, 4.69) is 24.1 Å². The van der Waals surface area contributed by atoms with Crippen LogP contribution in [0, 0.1) is 5.92 Å². The molecule has 0 aliphatic carbocycles. The van der Waals surface area contributed by atoms with E-state index in [4.69, 9.17) is 22.1 Å². The monoisotopic (exact) mass is 411 g/mol. The van der Waals surface area contributed by atoms with Crippen LogP contribution < -0.4 is 15.8 Å². The molecule has 0 radical (unpaired) electrons. The highest BCUT2D eigenvalue weighted by molar-refractivity contribution is 6.33. The Morgan fingerprint density at radius 2 is 2.12 bits per heavy atom. The number of nitrogens with one attached hydrogen (secondary N) is 1. The molecule has 1 fully saturated rings. The number of carbonyl (C=O) groups is 1. The van der Waals surface area contributed by atoms with E-state index in [-0.39, 0.29) is 30.7 Å². The minimum atomic E-state index is -0.176. The van der Waals surface area contributed by atoms with E-state index < -0.39 is 0 Å². The Morgan fingerprint density at radius 3 is 2.72 bits per heavy atom. The summed E-state index contributed by atoms with van der Waals surface area (Å²) in [5.41, 5.74) is 6.57. The van der Waals surface area contributed by atoms with Gasteiger partial charge in [-0.1, -0.05) is 11.6 Å². The van der Waals surface area contributed by atoms with Gasteiger partial charge in [0.1, 0.15) is 5.75 Å². The van der Waals surface area contributed by atoms with Crippen molar-refractivity contribution in [3.05, 3.63) is 22.7 Å². The fraction of sp³-hybridized carbons (Fsp3) is 0.588. The third-order valence-corrected chi connectivity index (χ3v) is 4.72. The molecule has 2 rings (SSSR count). The van der Waals surface area contributed by atoms with Gasteiger partial charge in [0.15, 0.2) is 0 Å². The number of hydrogen-bond donors (Lipinski definition) is 2. The largest absolute Gasteiger partial charge is 0.496 e. The fourth-order valence-electron chi connectivity index (χ4n) is 2.98. The van der Waals surface area contributed by atoms with Crippen LogP contribution in [0.4, 0.5) is 5.69 Å². The molecule has 0 bridgehead atoms. The van der Waals surface area contributed by atoms with Crippen molar-refractivity contribution in [3.8, 4) is 5.75 Å². The molecule has 5 nitrogen and oxygen atoms in total. The summed E-state index contributed by atoms with van der Waals surface area (Å²) in [5.74, 6) is 0.743. The van der Waals surface area contributed by atoms with Gasteiger partial charge in [0, 0.05) is 25.2 Å². The van der Waals surface area contributed by atoms with Gasteiger partial charge < -0.3 is 20.7 Å². The van der Waals surface area contributed by atoms with Crippen LogP contribution in [-0.4, -0.2) is 43.6 Å². The smallest absolute Gasteiger partial charge is 0.255 e. The Labute approximate surface area is 167 Å². The van der Waals surface area contributed by atoms with E-state index in [1.807, 2.05) is 0 Å². The number of halogens is 3. The van der Waals surface area contributed by atoms with Gasteiger partial charge in [-0.25, -0.2) is 0 Å². The first-order valence-electron chi connectivity index (χ1n) is 8.07. The molecule has 8 heteroatoms. The quantitative estimate of drug-likeness (QED) is 0.725. The summed E-state index contributed by atoms with van der Waals surface area (Å²) in [4.78, 5) is 14.9. The Bertz CT molecular complexity index is 570. The van der Waals surface area contributed by atoms with Crippen LogP contribution in [0.3, 0.4) is 0 Å². The number of amides is 1. The third kappa shape index (κ3) is 6.41. The van der Waals surface area contributed by atoms with Crippen LogP contribution in [0.1, 0.15) is 37.0 Å². The molecule has 0 spiro atoms. The second kappa shape index (κ2) is 11.0. The van der Waals surface area contributed by atoms with E-state index in [9.17, 15) is 4.79 Å². The van der Waals surface area contributed by atoms with Gasteiger partial charge in [-0.3, -0.25) is 4.79 Å². The van der Waals surface area contributed by atoms with Gasteiger partial charge in [0.25, 0.3) is 5.91 Å². The number of likely N-dealkylation sites (tertiary alicyclic amines) is 1. The molecule has 144 valence electrons. The van der Waals surface area contributed by atoms with Crippen molar-refractivity contribution in [2.24, 2.45) is 5.92 Å². The maximum Gasteiger partial charge on any atom is 0.255 e. The van der Waals surface area contributed by atoms with Gasteiger partial charge in [-0.2, -0.15) is 0 Å². The van der Waals surface area contributed by atoms with Crippen molar-refractivity contribution < 1.29 is 9.53 Å². The standard InChI is InChI=1S/C17H26ClN3O2.2ClH/c1-11(2)21-6-4-5-12(10-21)9-20-17(22)13-7-14(18)15(19)8-16(13)23-3;;/h7-8,11-12H,4-6,9-10,19H2,1-3H3,(H,20,22);2*1H. The predicted molar refractivity (Wildman–Crippen MR) is 109 cm³/mol. The van der Waals surface area contributed by atoms with Crippen LogP contribution in [0.15, 0.2) is 12.1 Å². The number of methoxy groups -OCH3 is 1. The molecule has 1 heterocycles. The SMILES string of the molecule is COc1cc(N)c(Cl)cc1C(=O)NCC1CCCN(C(C)C)C1.Cl.Cl. The van der Waals surface area contributed by atoms with Crippen molar-refractivity contribution in [2.45, 2.75) is 32.7 Å². The van der Waals surface area contributed by atoms with Crippen LogP contribution >= 0.6 is 36.4 Å². The van der Waals surface area contributed by atoms with E-state index in [1.54, 1.807) is 12.1 Å². The molecule has 25 heavy (non-hydrogen) atoms. The summed E-state index contributed by atoms with van der Waals surface area (Å²) in [7, 11) is 1.51. The van der Waals surface area contributed by atoms with Crippen molar-refractivity contribution in [1.82, 2.24) is 10.2 Å². The molecule has 1 aliphatic heterocycles. The normalized spacial score (nSPS) is 17.4. The molecular formula is C17H28Cl3N3O2. The van der Waals surface area contributed by atoms with Gasteiger partial charge in [0.2, 0.25) is 0 Å². The lowest BCUT2D eigenvalue weighted by atomic mass is 9.97. The first-order chi connectivity index (χ1) is 10.9. The average Bonchev–Trinajstić information content (AvgIpc) is 2.54. The number of hydrogen-bond acceptors (Lipinski definition) is 4. The van der Waals surface area contributed by atoms with Crippen molar-refractivity contribution in [2.75, 3.05) is 32.5 Å². The number of nitrogen functional groups attached to an aromatic ring is 1. The highest BCUT2D eigenvalue weighted by atomic mass is 35.5. The van der Waals surface area contributed by atoms with Crippen LogP contribution in [0.5, 0.6) is 5.75 Å². The zero-order valence-corrected chi connectivity index (χ0v) is 17.3. The molecule has 1 amide bonds. The highest BCUT2D eigenvalue weighted by Gasteiger charge is 2.23. The number of rotatable bonds is 5. The predicted octanol–water partition coefficient (Wildman–Crippen LogP) is 3.62. The Hall–Kier alpha value is -0.880. The number of nitrogens with zero attached hydrogens (tertiary/aromatic N) is 1. The first kappa shape index (κ1) is 24.1. The first-order valence-corrected chi connectivity index (χ1v) is 8.45. The summed E-state index contributed by atoms with van der Waals surface area (Å²) in [6.07, 6.45) is 2.32. The summed E-state index contributed by atoms with van der Waals surface area (Å²) in [6, 6.07) is 3.69. The minimum Gasteiger partial charge on any atom is -0.496 e. The van der Waals surface area contributed by atoms with Crippen LogP contribution in [0.25, 0.3) is 0 Å². The van der Waals surface area contributed by atoms with E-state index in [1.165, 1.54) is 13.5 Å². The number of ether oxygens (including phenoxy) is 1. The van der Waals surface area contributed by atoms with Crippen molar-refractivity contribution in [3.63, 3.8) is 0 Å². The van der Waals surface area contributed by atoms with E-state index in [0.717, 1.165) is 19.5 Å². The van der Waals surface area contributed by atoms with Crippen LogP contribution in [-0.2, 0) is 0 Å². The second-order valence-corrected chi connectivity index (χ2v) is 6.79. The summed E-state index contributed by atoms with van der Waals surface area (Å²) < 4.78 is 5.23. The maximum atomic E-state index is 12.4. The minimum absolute atomic E-state index is 0. The zero-order valence-electron chi connectivity index (χ0n) is 14.9. The molecule has 1 saturated heterocycles. The summed E-state index contributed by atoms with van der Waals surface area (Å²) >= 11 is 6.02. The van der Waals surface area contributed by atoms with Gasteiger partial charge in [-0.05, 0) is 45.2 Å². The van der Waals surface area contributed by atoms with Crippen molar-refractivity contribution >= 4 is 48.0 Å². The lowest BCUT2D eigenvalue weighted by Gasteiger charge is -2.35. The number of carbonyl (C=O) groups excluding carboxylic acids is 1. The third-order valence-electron chi connectivity index (χ3n) is 4.40. The summed E-state index contributed by atoms with van der Waals surface area (Å²) in [6.45, 7) is 7.25. The van der Waals surface area contributed by atoms with E-state index in [0.29, 0.717) is 40.5 Å². The molecule has 3 N–H and O–H groups in total. The number of anilines is 1. The Balaban J connectivity index is 0.00000288. The maximum absolute atomic E-state index is 12.4. The zero-order chi connectivity index (χ0) is 17.0. The topological polar surface area (TPSA) is 67.6 Å². The molecule has 1 aliphatic rings. The van der Waals surface area contributed by atoms with Crippen molar-refractivity contribution in [1.29, 1.82) is 0 Å². The molecule has 0 saturated carbocycles. The van der Waals surface area contributed by atoms with Crippen LogP contribution in [0.2, 0.25) is 5.02 Å². The highest BCUT2D eigenvalue weighted by Crippen LogP contribution is 2.29. The van der Waals surface area contributed by atoms with Gasteiger partial charge >= 0.3 is 0 Å². The average molecular weight is 413 g/mol. The summed E-state index contributed by atoms with van der Waals surface area (Å²) in [5, 5.41) is 3.37. The van der Waals surface area contributed by atoms with Gasteiger partial charge in [-0.15, -0.1) is 24.8 Å². The molecule has 0 aromatic heterocycles. The molecule has 1 atom stereocenters. The molecular weight excluding hydrogens is 385 g/mol. The van der Waals surface area contributed by atoms with E-state index >= 15 is 0 Å². The van der Waals surface area contributed by atoms with Gasteiger partial charge in [0.05, 0.1) is 23.4 Å². The lowest BCUT2D eigenvalue weighted by molar-refractivity contribution is 0.0920. The molecule has 1 aromatic rings. The number of piperidine rings is 1. The lowest BCUT2D eigenvalue weighted by Crippen LogP contribution is -2.43. The Morgan fingerprint density at radius 1 is 1.44 bits per heavy atom. The Kier molecular flexibility index (Phi) is 10.6. The second-order valence-electron chi connectivity index (χ2n) is 6.38.